The average Bonchev–Trinajstić information content (AvgIpc) is 3.14. The molecule has 0 radical (unpaired) electrons. The Morgan fingerprint density at radius 2 is 2.16 bits per heavy atom. The molecule has 1 aliphatic heterocycles. The van der Waals surface area contributed by atoms with E-state index >= 15 is 0 Å². The quantitative estimate of drug-likeness (QED) is 0.820. The van der Waals surface area contributed by atoms with Crippen molar-refractivity contribution in [3.8, 4) is 0 Å². The summed E-state index contributed by atoms with van der Waals surface area (Å²) in [5.41, 5.74) is 0.901. The van der Waals surface area contributed by atoms with Crippen molar-refractivity contribution in [3.05, 3.63) is 29.6 Å². The molecular weight excluding hydrogens is 245 g/mol. The van der Waals surface area contributed by atoms with Crippen LogP contribution in [0.3, 0.4) is 0 Å². The van der Waals surface area contributed by atoms with Crippen LogP contribution < -0.4 is 4.90 Å². The smallest absolute Gasteiger partial charge is 0.227 e. The summed E-state index contributed by atoms with van der Waals surface area (Å²) >= 11 is 0. The zero-order chi connectivity index (χ0) is 13.6. The monoisotopic (exact) mass is 261 g/mol. The van der Waals surface area contributed by atoms with Crippen LogP contribution in [-0.4, -0.2) is 17.7 Å². The Hall–Kier alpha value is -1.71. The van der Waals surface area contributed by atoms with Crippen molar-refractivity contribution in [1.29, 1.82) is 0 Å². The highest BCUT2D eigenvalue weighted by molar-refractivity contribution is 6.09. The van der Waals surface area contributed by atoms with Crippen molar-refractivity contribution in [2.75, 3.05) is 4.90 Å². The molecule has 0 N–H and O–H groups in total. The van der Waals surface area contributed by atoms with E-state index in [4.69, 9.17) is 0 Å². The van der Waals surface area contributed by atoms with Crippen LogP contribution in [0.15, 0.2) is 18.2 Å². The van der Waals surface area contributed by atoms with Gasteiger partial charge in [-0.1, -0.05) is 0 Å². The van der Waals surface area contributed by atoms with Gasteiger partial charge in [0.05, 0.1) is 5.69 Å². The van der Waals surface area contributed by atoms with Crippen molar-refractivity contribution >= 4 is 17.4 Å². The average molecular weight is 261 g/mol. The van der Waals surface area contributed by atoms with Gasteiger partial charge in [-0.2, -0.15) is 0 Å². The lowest BCUT2D eigenvalue weighted by Crippen LogP contribution is -2.44. The Bertz CT molecular complexity index is 551. The maximum Gasteiger partial charge on any atom is 0.227 e. The first-order chi connectivity index (χ1) is 9.06. The lowest BCUT2D eigenvalue weighted by Gasteiger charge is -2.34. The van der Waals surface area contributed by atoms with E-state index in [0.717, 1.165) is 12.8 Å². The molecule has 0 bridgehead atoms. The molecule has 19 heavy (non-hydrogen) atoms. The van der Waals surface area contributed by atoms with Crippen LogP contribution in [0, 0.1) is 11.7 Å². The zero-order valence-electron chi connectivity index (χ0n) is 10.9. The summed E-state index contributed by atoms with van der Waals surface area (Å²) in [6.07, 6.45) is 3.04. The van der Waals surface area contributed by atoms with Crippen molar-refractivity contribution < 1.29 is 14.0 Å². The summed E-state index contributed by atoms with van der Waals surface area (Å²) in [4.78, 5) is 26.0. The van der Waals surface area contributed by atoms with Gasteiger partial charge in [-0.15, -0.1) is 0 Å². The van der Waals surface area contributed by atoms with Gasteiger partial charge in [0.2, 0.25) is 5.91 Å². The molecule has 0 saturated heterocycles. The minimum Gasteiger partial charge on any atom is -0.308 e. The number of fused-ring (bicyclic) bond motifs is 1. The summed E-state index contributed by atoms with van der Waals surface area (Å²) in [5, 5.41) is 0. The lowest BCUT2D eigenvalue weighted by molar-refractivity contribution is -0.119. The molecule has 4 heteroatoms. The third kappa shape index (κ3) is 2.27. The Kier molecular flexibility index (Phi) is 2.88. The van der Waals surface area contributed by atoms with E-state index in [2.05, 4.69) is 0 Å². The second-order valence-electron chi connectivity index (χ2n) is 5.55. The predicted octanol–water partition coefficient (Wildman–Crippen LogP) is 2.93. The van der Waals surface area contributed by atoms with Gasteiger partial charge < -0.3 is 4.90 Å². The number of ketones is 1. The van der Waals surface area contributed by atoms with Crippen LogP contribution in [-0.2, 0) is 4.79 Å². The van der Waals surface area contributed by atoms with E-state index in [1.165, 1.54) is 12.1 Å². The topological polar surface area (TPSA) is 37.4 Å². The van der Waals surface area contributed by atoms with E-state index in [0.29, 0.717) is 23.6 Å². The maximum atomic E-state index is 13.3. The Labute approximate surface area is 111 Å². The van der Waals surface area contributed by atoms with Crippen LogP contribution in [0.4, 0.5) is 10.1 Å². The van der Waals surface area contributed by atoms with Gasteiger partial charge >= 0.3 is 0 Å². The third-order valence-corrected chi connectivity index (χ3v) is 3.87. The highest BCUT2D eigenvalue weighted by Gasteiger charge is 2.35. The van der Waals surface area contributed by atoms with Gasteiger partial charge in [-0.05, 0) is 43.9 Å². The van der Waals surface area contributed by atoms with Crippen molar-refractivity contribution in [2.24, 2.45) is 5.92 Å². The molecule has 1 saturated carbocycles. The fraction of sp³-hybridized carbons (Fsp3) is 0.467. The summed E-state index contributed by atoms with van der Waals surface area (Å²) in [7, 11) is 0. The van der Waals surface area contributed by atoms with Crippen molar-refractivity contribution in [1.82, 2.24) is 0 Å². The molecule has 1 fully saturated rings. The minimum absolute atomic E-state index is 0.0513. The molecule has 1 aliphatic carbocycles. The van der Waals surface area contributed by atoms with E-state index < -0.39 is 5.82 Å². The second-order valence-corrected chi connectivity index (χ2v) is 5.55. The first kappa shape index (κ1) is 12.3. The van der Waals surface area contributed by atoms with Crippen LogP contribution in [0.5, 0.6) is 0 Å². The Morgan fingerprint density at radius 3 is 2.84 bits per heavy atom. The largest absolute Gasteiger partial charge is 0.308 e. The molecule has 1 amide bonds. The van der Waals surface area contributed by atoms with Crippen LogP contribution in [0.25, 0.3) is 0 Å². The molecule has 0 aromatic heterocycles. The first-order valence-electron chi connectivity index (χ1n) is 6.71. The third-order valence-electron chi connectivity index (χ3n) is 3.87. The van der Waals surface area contributed by atoms with Gasteiger partial charge in [0, 0.05) is 24.4 Å². The normalized spacial score (nSPS) is 22.3. The van der Waals surface area contributed by atoms with Crippen LogP contribution >= 0.6 is 0 Å². The number of Topliss-reactive ketones (excluding diaryl/α,β-unsaturated/α-hetero) is 1. The van der Waals surface area contributed by atoms with Gasteiger partial charge in [-0.25, -0.2) is 4.39 Å². The maximum absolute atomic E-state index is 13.3. The molecule has 3 rings (SSSR count). The standard InChI is InChI=1S/C15H16FNO2/c1-9-6-14(18)12-8-11(16)4-5-13(12)17(9)15(19)7-10-2-3-10/h4-5,8-10H,2-3,6-7H2,1H3. The summed E-state index contributed by atoms with van der Waals surface area (Å²) in [5.74, 6) is 0.0327. The van der Waals surface area contributed by atoms with Gasteiger partial charge in [0.25, 0.3) is 0 Å². The minimum atomic E-state index is -0.434. The molecule has 1 atom stereocenters. The van der Waals surface area contributed by atoms with Gasteiger partial charge in [-0.3, -0.25) is 9.59 Å². The number of hydrogen-bond donors (Lipinski definition) is 0. The highest BCUT2D eigenvalue weighted by Crippen LogP contribution is 2.36. The first-order valence-corrected chi connectivity index (χ1v) is 6.71. The molecule has 1 aromatic carbocycles. The van der Waals surface area contributed by atoms with E-state index in [1.54, 1.807) is 11.0 Å². The van der Waals surface area contributed by atoms with Crippen molar-refractivity contribution in [2.45, 2.75) is 38.6 Å². The predicted molar refractivity (Wildman–Crippen MR) is 69.6 cm³/mol. The highest BCUT2D eigenvalue weighted by atomic mass is 19.1. The number of carbonyl (C=O) groups excluding carboxylic acids is 2. The van der Waals surface area contributed by atoms with Crippen molar-refractivity contribution in [3.63, 3.8) is 0 Å². The number of carbonyl (C=O) groups is 2. The Balaban J connectivity index is 1.97. The van der Waals surface area contributed by atoms with E-state index in [1.807, 2.05) is 6.92 Å². The van der Waals surface area contributed by atoms with Gasteiger partial charge in [0.15, 0.2) is 5.78 Å². The summed E-state index contributed by atoms with van der Waals surface area (Å²) in [6.45, 7) is 1.87. The fourth-order valence-electron chi connectivity index (χ4n) is 2.70. The number of nitrogens with zero attached hydrogens (tertiary/aromatic N) is 1. The molecule has 1 aromatic rings. The van der Waals surface area contributed by atoms with Gasteiger partial charge in [0.1, 0.15) is 5.82 Å². The van der Waals surface area contributed by atoms with Crippen LogP contribution in [0.1, 0.15) is 43.0 Å². The summed E-state index contributed by atoms with van der Waals surface area (Å²) < 4.78 is 13.3. The molecule has 0 spiro atoms. The zero-order valence-corrected chi connectivity index (χ0v) is 10.9. The number of hydrogen-bond acceptors (Lipinski definition) is 2. The number of benzene rings is 1. The molecule has 100 valence electrons. The number of halogens is 1. The van der Waals surface area contributed by atoms with E-state index in [-0.39, 0.29) is 24.2 Å². The van der Waals surface area contributed by atoms with Crippen LogP contribution in [0.2, 0.25) is 0 Å². The molecular formula is C15H16FNO2. The molecule has 2 aliphatic rings. The molecule has 1 heterocycles. The second kappa shape index (κ2) is 4.44. The van der Waals surface area contributed by atoms with E-state index in [9.17, 15) is 14.0 Å². The number of anilines is 1. The SMILES string of the molecule is CC1CC(=O)c2cc(F)ccc2N1C(=O)CC1CC1. The lowest BCUT2D eigenvalue weighted by atomic mass is 9.94. The number of amides is 1. The number of rotatable bonds is 2. The Morgan fingerprint density at radius 1 is 1.42 bits per heavy atom. The molecule has 3 nitrogen and oxygen atoms in total. The summed E-state index contributed by atoms with van der Waals surface area (Å²) in [6, 6.07) is 3.95. The molecule has 1 unspecified atom stereocenters. The fourth-order valence-corrected chi connectivity index (χ4v) is 2.70.